The Kier molecular flexibility index (Phi) is 7.30. The topological polar surface area (TPSA) is 75.4 Å². The lowest BCUT2D eigenvalue weighted by atomic mass is 9.97. The maximum absolute atomic E-state index is 12.0. The van der Waals surface area contributed by atoms with E-state index in [4.69, 9.17) is 5.73 Å². The molecule has 0 aromatic rings. The van der Waals surface area contributed by atoms with Crippen LogP contribution in [0, 0.1) is 5.92 Å². The van der Waals surface area contributed by atoms with E-state index in [0.29, 0.717) is 13.1 Å². The van der Waals surface area contributed by atoms with E-state index in [1.807, 2.05) is 11.0 Å². The molecular formula is C15H27N3O2. The summed E-state index contributed by atoms with van der Waals surface area (Å²) in [5.41, 5.74) is 5.34. The summed E-state index contributed by atoms with van der Waals surface area (Å²) in [6, 6.07) is 0.168. The summed E-state index contributed by atoms with van der Waals surface area (Å²) >= 11 is 0. The van der Waals surface area contributed by atoms with Crippen LogP contribution < -0.4 is 11.1 Å². The highest BCUT2D eigenvalue weighted by molar-refractivity contribution is 5.79. The van der Waals surface area contributed by atoms with Gasteiger partial charge in [0.25, 0.3) is 0 Å². The van der Waals surface area contributed by atoms with Crippen molar-refractivity contribution < 1.29 is 9.59 Å². The van der Waals surface area contributed by atoms with Gasteiger partial charge in [-0.25, -0.2) is 0 Å². The number of nitrogens with one attached hydrogen (secondary N) is 1. The van der Waals surface area contributed by atoms with E-state index in [1.54, 1.807) is 0 Å². The molecule has 1 fully saturated rings. The van der Waals surface area contributed by atoms with Crippen molar-refractivity contribution in [1.29, 1.82) is 0 Å². The van der Waals surface area contributed by atoms with Crippen LogP contribution in [0.25, 0.3) is 0 Å². The molecule has 2 atom stereocenters. The van der Waals surface area contributed by atoms with Gasteiger partial charge >= 0.3 is 0 Å². The highest BCUT2D eigenvalue weighted by Gasteiger charge is 2.25. The number of amides is 2. The van der Waals surface area contributed by atoms with Crippen LogP contribution in [0.3, 0.4) is 0 Å². The number of hydrogen-bond donors (Lipinski definition) is 2. The zero-order valence-corrected chi connectivity index (χ0v) is 12.4. The summed E-state index contributed by atoms with van der Waals surface area (Å²) in [6.45, 7) is 7.63. The second-order valence-electron chi connectivity index (χ2n) is 5.55. The summed E-state index contributed by atoms with van der Waals surface area (Å²) in [7, 11) is 0. The first-order chi connectivity index (χ1) is 9.56. The molecule has 0 aliphatic carbocycles. The van der Waals surface area contributed by atoms with Crippen LogP contribution >= 0.6 is 0 Å². The molecule has 0 bridgehead atoms. The van der Waals surface area contributed by atoms with Gasteiger partial charge in [0, 0.05) is 12.6 Å². The van der Waals surface area contributed by atoms with E-state index in [2.05, 4.69) is 18.8 Å². The van der Waals surface area contributed by atoms with Crippen molar-refractivity contribution in [2.75, 3.05) is 19.6 Å². The van der Waals surface area contributed by atoms with Gasteiger partial charge in [-0.3, -0.25) is 14.5 Å². The molecule has 1 aliphatic rings. The number of carbonyl (C=O) groups excluding carboxylic acids is 2. The largest absolute Gasteiger partial charge is 0.369 e. The predicted octanol–water partition coefficient (Wildman–Crippen LogP) is 1.04. The number of likely N-dealkylation sites (tertiary alicyclic amines) is 1. The maximum atomic E-state index is 12.0. The molecule has 5 heteroatoms. The molecule has 114 valence electrons. The number of hydrogen-bond acceptors (Lipinski definition) is 3. The van der Waals surface area contributed by atoms with Crippen molar-refractivity contribution in [2.24, 2.45) is 11.7 Å². The molecule has 0 saturated carbocycles. The van der Waals surface area contributed by atoms with E-state index in [9.17, 15) is 9.59 Å². The Morgan fingerprint density at radius 1 is 1.55 bits per heavy atom. The lowest BCUT2D eigenvalue weighted by molar-refractivity contribution is -0.127. The van der Waals surface area contributed by atoms with E-state index < -0.39 is 0 Å². The number of piperidine rings is 1. The van der Waals surface area contributed by atoms with E-state index >= 15 is 0 Å². The van der Waals surface area contributed by atoms with Gasteiger partial charge in [-0.1, -0.05) is 19.4 Å². The predicted molar refractivity (Wildman–Crippen MR) is 80.0 cm³/mol. The van der Waals surface area contributed by atoms with Crippen molar-refractivity contribution in [2.45, 2.75) is 45.1 Å². The Bertz CT molecular complexity index is 344. The molecular weight excluding hydrogens is 254 g/mol. The van der Waals surface area contributed by atoms with Crippen molar-refractivity contribution >= 4 is 11.8 Å². The average molecular weight is 281 g/mol. The summed E-state index contributed by atoms with van der Waals surface area (Å²) in [6.07, 6.45) is 6.39. The SMILES string of the molecule is C=CCC(CCC)NC(=O)CN1CCCC(C(N)=O)C1. The molecule has 20 heavy (non-hydrogen) atoms. The van der Waals surface area contributed by atoms with Gasteiger partial charge in [0.1, 0.15) is 0 Å². The van der Waals surface area contributed by atoms with Crippen molar-refractivity contribution in [3.05, 3.63) is 12.7 Å². The first-order valence-corrected chi connectivity index (χ1v) is 7.48. The molecule has 1 rings (SSSR count). The molecule has 3 N–H and O–H groups in total. The molecule has 1 heterocycles. The number of carbonyl (C=O) groups is 2. The average Bonchev–Trinajstić information content (AvgIpc) is 2.39. The summed E-state index contributed by atoms with van der Waals surface area (Å²) < 4.78 is 0. The van der Waals surface area contributed by atoms with Crippen molar-refractivity contribution in [1.82, 2.24) is 10.2 Å². The molecule has 2 amide bonds. The Labute approximate surface area is 121 Å². The Morgan fingerprint density at radius 3 is 2.90 bits per heavy atom. The van der Waals surface area contributed by atoms with Gasteiger partial charge in [0.05, 0.1) is 12.5 Å². The highest BCUT2D eigenvalue weighted by atomic mass is 16.2. The monoisotopic (exact) mass is 281 g/mol. The standard InChI is InChI=1S/C15H27N3O2/c1-3-6-13(7-4-2)17-14(19)11-18-9-5-8-12(10-18)15(16)20/h3,12-13H,1,4-11H2,2H3,(H2,16,20)(H,17,19). The molecule has 0 radical (unpaired) electrons. The number of rotatable bonds is 8. The molecule has 1 aliphatic heterocycles. The fourth-order valence-electron chi connectivity index (χ4n) is 2.71. The van der Waals surface area contributed by atoms with E-state index in [1.165, 1.54) is 0 Å². The van der Waals surface area contributed by atoms with Crippen LogP contribution in [0.4, 0.5) is 0 Å². The molecule has 0 spiro atoms. The smallest absolute Gasteiger partial charge is 0.234 e. The van der Waals surface area contributed by atoms with Crippen LogP contribution in [0.1, 0.15) is 39.0 Å². The third-order valence-corrected chi connectivity index (χ3v) is 3.73. The van der Waals surface area contributed by atoms with Gasteiger partial charge in [0.15, 0.2) is 0 Å². The minimum Gasteiger partial charge on any atom is -0.369 e. The number of nitrogens with two attached hydrogens (primary N) is 1. The van der Waals surface area contributed by atoms with Gasteiger partial charge in [-0.05, 0) is 32.2 Å². The molecule has 1 saturated heterocycles. The van der Waals surface area contributed by atoms with Crippen LogP contribution in [0.15, 0.2) is 12.7 Å². The highest BCUT2D eigenvalue weighted by Crippen LogP contribution is 2.15. The summed E-state index contributed by atoms with van der Waals surface area (Å²) in [4.78, 5) is 25.3. The summed E-state index contributed by atoms with van der Waals surface area (Å²) in [5.74, 6) is -0.350. The number of primary amides is 1. The minimum absolute atomic E-state index is 0.0235. The zero-order chi connectivity index (χ0) is 15.0. The van der Waals surface area contributed by atoms with E-state index in [-0.39, 0.29) is 23.8 Å². The van der Waals surface area contributed by atoms with E-state index in [0.717, 1.165) is 38.6 Å². The summed E-state index contributed by atoms with van der Waals surface area (Å²) in [5, 5.41) is 3.04. The van der Waals surface area contributed by atoms with Crippen LogP contribution in [0.2, 0.25) is 0 Å². The molecule has 2 unspecified atom stereocenters. The number of nitrogens with zero attached hydrogens (tertiary/aromatic N) is 1. The van der Waals surface area contributed by atoms with Gasteiger partial charge in [-0.2, -0.15) is 0 Å². The van der Waals surface area contributed by atoms with Crippen LogP contribution in [-0.2, 0) is 9.59 Å². The van der Waals surface area contributed by atoms with Gasteiger partial charge in [-0.15, -0.1) is 6.58 Å². The third kappa shape index (κ3) is 5.74. The lowest BCUT2D eigenvalue weighted by Crippen LogP contribution is -2.47. The van der Waals surface area contributed by atoms with Crippen LogP contribution in [0.5, 0.6) is 0 Å². The molecule has 0 aromatic heterocycles. The fourth-order valence-corrected chi connectivity index (χ4v) is 2.71. The molecule has 5 nitrogen and oxygen atoms in total. The zero-order valence-electron chi connectivity index (χ0n) is 12.4. The Morgan fingerprint density at radius 2 is 2.30 bits per heavy atom. The Hall–Kier alpha value is -1.36. The quantitative estimate of drug-likeness (QED) is 0.653. The minimum atomic E-state index is -0.259. The second-order valence-corrected chi connectivity index (χ2v) is 5.55. The van der Waals surface area contributed by atoms with Crippen LogP contribution in [-0.4, -0.2) is 42.4 Å². The third-order valence-electron chi connectivity index (χ3n) is 3.73. The lowest BCUT2D eigenvalue weighted by Gasteiger charge is -2.31. The first kappa shape index (κ1) is 16.7. The first-order valence-electron chi connectivity index (χ1n) is 7.48. The fraction of sp³-hybridized carbons (Fsp3) is 0.733. The van der Waals surface area contributed by atoms with Gasteiger partial charge in [0.2, 0.25) is 11.8 Å². The second kappa shape index (κ2) is 8.74. The normalized spacial score (nSPS) is 21.1. The van der Waals surface area contributed by atoms with Gasteiger partial charge < -0.3 is 11.1 Å². The maximum Gasteiger partial charge on any atom is 0.234 e. The molecule has 0 aromatic carbocycles. The Balaban J connectivity index is 2.40. The van der Waals surface area contributed by atoms with Crippen molar-refractivity contribution in [3.8, 4) is 0 Å². The van der Waals surface area contributed by atoms with Crippen molar-refractivity contribution in [3.63, 3.8) is 0 Å².